The summed E-state index contributed by atoms with van der Waals surface area (Å²) in [7, 11) is 0. The molecule has 0 atom stereocenters. The van der Waals surface area contributed by atoms with Crippen molar-refractivity contribution in [3.05, 3.63) is 35.1 Å². The maximum atomic E-state index is 12.9. The number of halogens is 1. The van der Waals surface area contributed by atoms with Crippen molar-refractivity contribution in [1.82, 2.24) is 5.32 Å². The van der Waals surface area contributed by atoms with Crippen LogP contribution in [0.15, 0.2) is 18.2 Å². The van der Waals surface area contributed by atoms with Gasteiger partial charge >= 0.3 is 0 Å². The number of benzene rings is 1. The second-order valence-corrected chi connectivity index (χ2v) is 4.10. The molecule has 0 aliphatic heterocycles. The van der Waals surface area contributed by atoms with Crippen molar-refractivity contribution < 1.29 is 8.94 Å². The molecule has 0 spiro atoms. The highest BCUT2D eigenvalue weighted by Gasteiger charge is 1.99. The van der Waals surface area contributed by atoms with Gasteiger partial charge in [0.15, 0.2) is 0 Å². The zero-order valence-electron chi connectivity index (χ0n) is 8.79. The van der Waals surface area contributed by atoms with E-state index < -0.39 is 0 Å². The predicted molar refractivity (Wildman–Crippen MR) is 62.5 cm³/mol. The maximum absolute atomic E-state index is 12.9. The lowest BCUT2D eigenvalue weighted by Gasteiger charge is -2.07. The molecule has 0 saturated heterocycles. The third kappa shape index (κ3) is 4.64. The molecular formula is C11H16FNOS. The molecule has 0 fully saturated rings. The Kier molecular flexibility index (Phi) is 5.68. The number of aryl methyl sites for hydroxylation is 1. The first-order valence-corrected chi connectivity index (χ1v) is 5.90. The number of nitrogens with one attached hydrogen (secondary N) is 1. The number of hydrogen-bond acceptors (Lipinski definition) is 3. The SMILES string of the molecule is Cc1ccc(F)cc1CNCCCSO. The van der Waals surface area contributed by atoms with Gasteiger partial charge in [-0.2, -0.15) is 0 Å². The van der Waals surface area contributed by atoms with Crippen molar-refractivity contribution in [1.29, 1.82) is 0 Å². The molecule has 4 heteroatoms. The van der Waals surface area contributed by atoms with Gasteiger partial charge in [0.25, 0.3) is 0 Å². The molecule has 15 heavy (non-hydrogen) atoms. The first-order valence-electron chi connectivity index (χ1n) is 4.96. The Morgan fingerprint density at radius 2 is 2.27 bits per heavy atom. The number of hydrogen-bond donors (Lipinski definition) is 2. The molecule has 0 aliphatic carbocycles. The van der Waals surface area contributed by atoms with Gasteiger partial charge in [-0.05, 0) is 55.2 Å². The van der Waals surface area contributed by atoms with Gasteiger partial charge in [-0.1, -0.05) is 6.07 Å². The smallest absolute Gasteiger partial charge is 0.123 e. The molecule has 1 aromatic carbocycles. The van der Waals surface area contributed by atoms with Crippen molar-refractivity contribution in [2.75, 3.05) is 12.3 Å². The van der Waals surface area contributed by atoms with Gasteiger partial charge in [0.05, 0.1) is 0 Å². The first-order chi connectivity index (χ1) is 7.24. The van der Waals surface area contributed by atoms with Gasteiger partial charge in [-0.25, -0.2) is 4.39 Å². The highest BCUT2D eigenvalue weighted by Crippen LogP contribution is 2.09. The van der Waals surface area contributed by atoms with Crippen LogP contribution < -0.4 is 5.32 Å². The molecule has 1 aromatic rings. The molecule has 0 aromatic heterocycles. The fourth-order valence-corrected chi connectivity index (χ4v) is 1.59. The summed E-state index contributed by atoms with van der Waals surface area (Å²) in [5.74, 6) is 0.540. The van der Waals surface area contributed by atoms with Crippen LogP contribution in [0.2, 0.25) is 0 Å². The monoisotopic (exact) mass is 229 g/mol. The van der Waals surface area contributed by atoms with E-state index in [-0.39, 0.29) is 5.82 Å². The molecule has 0 saturated carbocycles. The van der Waals surface area contributed by atoms with Crippen molar-refractivity contribution >= 4 is 12.0 Å². The van der Waals surface area contributed by atoms with E-state index in [0.29, 0.717) is 6.54 Å². The molecule has 2 N–H and O–H groups in total. The van der Waals surface area contributed by atoms with E-state index in [0.717, 1.165) is 41.9 Å². The summed E-state index contributed by atoms with van der Waals surface area (Å²) in [5.41, 5.74) is 2.09. The van der Waals surface area contributed by atoms with Crippen LogP contribution >= 0.6 is 12.0 Å². The molecule has 0 heterocycles. The molecule has 0 bridgehead atoms. The van der Waals surface area contributed by atoms with E-state index in [1.54, 1.807) is 12.1 Å². The molecule has 0 aliphatic rings. The van der Waals surface area contributed by atoms with E-state index in [2.05, 4.69) is 5.32 Å². The summed E-state index contributed by atoms with van der Waals surface area (Å²) in [6.45, 7) is 3.49. The van der Waals surface area contributed by atoms with Crippen LogP contribution in [0.3, 0.4) is 0 Å². The predicted octanol–water partition coefficient (Wildman–Crippen LogP) is 2.82. The summed E-state index contributed by atoms with van der Waals surface area (Å²) in [5, 5.41) is 3.21. The molecule has 0 amide bonds. The fourth-order valence-electron chi connectivity index (χ4n) is 1.32. The molecule has 2 nitrogen and oxygen atoms in total. The van der Waals surface area contributed by atoms with E-state index in [9.17, 15) is 4.39 Å². The summed E-state index contributed by atoms with van der Waals surface area (Å²) in [4.78, 5) is 0. The topological polar surface area (TPSA) is 32.3 Å². The van der Waals surface area contributed by atoms with Crippen LogP contribution in [0.5, 0.6) is 0 Å². The summed E-state index contributed by atoms with van der Waals surface area (Å²) in [6.07, 6.45) is 0.912. The van der Waals surface area contributed by atoms with Gasteiger partial charge in [-0.3, -0.25) is 0 Å². The quantitative estimate of drug-likeness (QED) is 0.581. The number of rotatable bonds is 6. The molecule has 84 valence electrons. The normalized spacial score (nSPS) is 10.6. The Bertz CT molecular complexity index is 307. The minimum atomic E-state index is -0.191. The standard InChI is InChI=1S/C11H16FNOS/c1-9-3-4-11(12)7-10(9)8-13-5-2-6-15-14/h3-4,7,13-14H,2,5-6,8H2,1H3. The fraction of sp³-hybridized carbons (Fsp3) is 0.455. The zero-order chi connectivity index (χ0) is 11.1. The van der Waals surface area contributed by atoms with Gasteiger partial charge in [0.1, 0.15) is 5.82 Å². The van der Waals surface area contributed by atoms with Gasteiger partial charge in [-0.15, -0.1) is 0 Å². The van der Waals surface area contributed by atoms with Crippen LogP contribution in [0.25, 0.3) is 0 Å². The van der Waals surface area contributed by atoms with Crippen LogP contribution in [0.1, 0.15) is 17.5 Å². The van der Waals surface area contributed by atoms with Crippen molar-refractivity contribution in [3.8, 4) is 0 Å². The first kappa shape index (κ1) is 12.5. The maximum Gasteiger partial charge on any atom is 0.123 e. The van der Waals surface area contributed by atoms with E-state index in [1.165, 1.54) is 6.07 Å². The minimum absolute atomic E-state index is 0.191. The summed E-state index contributed by atoms with van der Waals surface area (Å²) in [6, 6.07) is 4.82. The van der Waals surface area contributed by atoms with Crippen molar-refractivity contribution in [2.45, 2.75) is 19.9 Å². The molecule has 0 radical (unpaired) electrons. The Morgan fingerprint density at radius 3 is 3.00 bits per heavy atom. The lowest BCUT2D eigenvalue weighted by Crippen LogP contribution is -2.16. The average Bonchev–Trinajstić information content (AvgIpc) is 2.23. The van der Waals surface area contributed by atoms with Gasteiger partial charge in [0.2, 0.25) is 0 Å². The Morgan fingerprint density at radius 1 is 1.47 bits per heavy atom. The van der Waals surface area contributed by atoms with Crippen molar-refractivity contribution in [2.24, 2.45) is 0 Å². The zero-order valence-corrected chi connectivity index (χ0v) is 9.61. The van der Waals surface area contributed by atoms with E-state index in [4.69, 9.17) is 4.55 Å². The Balaban J connectivity index is 2.33. The molecule has 1 rings (SSSR count). The third-order valence-corrected chi connectivity index (χ3v) is 2.69. The van der Waals surface area contributed by atoms with Crippen LogP contribution in [0.4, 0.5) is 4.39 Å². The largest absolute Gasteiger partial charge is 0.330 e. The lowest BCUT2D eigenvalue weighted by molar-refractivity contribution is 0.617. The highest BCUT2D eigenvalue weighted by molar-refractivity contribution is 7.93. The minimum Gasteiger partial charge on any atom is -0.330 e. The van der Waals surface area contributed by atoms with E-state index >= 15 is 0 Å². The van der Waals surface area contributed by atoms with Gasteiger partial charge in [0, 0.05) is 12.3 Å². The van der Waals surface area contributed by atoms with Gasteiger partial charge < -0.3 is 9.87 Å². The van der Waals surface area contributed by atoms with Crippen LogP contribution in [0, 0.1) is 12.7 Å². The van der Waals surface area contributed by atoms with Crippen molar-refractivity contribution in [3.63, 3.8) is 0 Å². The third-order valence-electron chi connectivity index (χ3n) is 2.22. The average molecular weight is 229 g/mol. The Labute approximate surface area is 94.1 Å². The summed E-state index contributed by atoms with van der Waals surface area (Å²) < 4.78 is 21.4. The highest BCUT2D eigenvalue weighted by atomic mass is 32.2. The second-order valence-electron chi connectivity index (χ2n) is 3.43. The lowest BCUT2D eigenvalue weighted by atomic mass is 10.1. The Hall–Kier alpha value is -0.580. The second kappa shape index (κ2) is 6.82. The van der Waals surface area contributed by atoms with Crippen LogP contribution in [-0.4, -0.2) is 16.9 Å². The van der Waals surface area contributed by atoms with Crippen LogP contribution in [-0.2, 0) is 6.54 Å². The molecule has 0 unspecified atom stereocenters. The molecular weight excluding hydrogens is 213 g/mol. The van der Waals surface area contributed by atoms with E-state index in [1.807, 2.05) is 6.92 Å². The summed E-state index contributed by atoms with van der Waals surface area (Å²) >= 11 is 0.853.